The Kier molecular flexibility index (Phi) is 11.4. The number of carbonyl (C=O) groups excluding carboxylic acids is 1. The molecule has 1 aromatic rings. The van der Waals surface area contributed by atoms with Gasteiger partial charge in [-0.3, -0.25) is 9.59 Å². The number of rotatable bonds is 16. The maximum atomic E-state index is 11.6. The highest BCUT2D eigenvalue weighted by atomic mass is 16.4. The Morgan fingerprint density at radius 3 is 1.60 bits per heavy atom. The van der Waals surface area contributed by atoms with Crippen molar-refractivity contribution >= 4 is 11.8 Å². The average Bonchev–Trinajstić information content (AvgIpc) is 2.67. The normalized spacial score (nSPS) is 12.2. The smallest absolute Gasteiger partial charge is 0.309 e. The van der Waals surface area contributed by atoms with E-state index < -0.39 is 11.4 Å². The van der Waals surface area contributed by atoms with Crippen LogP contribution in [0.1, 0.15) is 110 Å². The van der Waals surface area contributed by atoms with Crippen LogP contribution in [0, 0.1) is 10.8 Å². The maximum absolute atomic E-state index is 11.6. The van der Waals surface area contributed by atoms with Gasteiger partial charge in [0, 0.05) is 5.41 Å². The van der Waals surface area contributed by atoms with Gasteiger partial charge < -0.3 is 5.11 Å². The van der Waals surface area contributed by atoms with Gasteiger partial charge in [0.15, 0.2) is 0 Å². The molecule has 1 rings (SSSR count). The first-order valence-electron chi connectivity index (χ1n) is 11.9. The third-order valence-electron chi connectivity index (χ3n) is 6.56. The number of hydrogen-bond donors (Lipinski definition) is 1. The van der Waals surface area contributed by atoms with E-state index in [0.717, 1.165) is 51.4 Å². The quantitative estimate of drug-likeness (QED) is 0.286. The second-order valence-electron chi connectivity index (χ2n) is 10.3. The Hall–Kier alpha value is -1.64. The predicted molar refractivity (Wildman–Crippen MR) is 126 cm³/mol. The second kappa shape index (κ2) is 12.9. The van der Waals surface area contributed by atoms with Crippen LogP contribution in [0.5, 0.6) is 0 Å². The Morgan fingerprint density at radius 2 is 1.17 bits per heavy atom. The molecule has 0 fully saturated rings. The van der Waals surface area contributed by atoms with E-state index in [0.29, 0.717) is 5.78 Å². The lowest BCUT2D eigenvalue weighted by Crippen LogP contribution is -2.23. The van der Waals surface area contributed by atoms with E-state index in [1.54, 1.807) is 6.92 Å². The van der Waals surface area contributed by atoms with Gasteiger partial charge in [-0.25, -0.2) is 0 Å². The number of ketones is 1. The number of aryl methyl sites for hydroxylation is 2. The molecule has 0 saturated carbocycles. The third kappa shape index (κ3) is 10.4. The molecular weight excluding hydrogens is 372 g/mol. The van der Waals surface area contributed by atoms with Gasteiger partial charge in [0.1, 0.15) is 5.78 Å². The summed E-state index contributed by atoms with van der Waals surface area (Å²) in [6.07, 6.45) is 13.2. The Balaban J connectivity index is 2.19. The van der Waals surface area contributed by atoms with Gasteiger partial charge in [-0.15, -0.1) is 0 Å². The number of unbranched alkanes of at least 4 members (excludes halogenated alkanes) is 6. The molecule has 30 heavy (non-hydrogen) atoms. The lowest BCUT2D eigenvalue weighted by molar-refractivity contribution is -0.147. The van der Waals surface area contributed by atoms with Crippen LogP contribution >= 0.6 is 0 Å². The third-order valence-corrected chi connectivity index (χ3v) is 6.56. The minimum Gasteiger partial charge on any atom is -0.481 e. The lowest BCUT2D eigenvalue weighted by atomic mass is 9.83. The molecule has 0 spiro atoms. The molecule has 0 aromatic heterocycles. The van der Waals surface area contributed by atoms with Crippen molar-refractivity contribution in [2.45, 2.75) is 112 Å². The van der Waals surface area contributed by atoms with Crippen LogP contribution in [-0.2, 0) is 22.4 Å². The summed E-state index contributed by atoms with van der Waals surface area (Å²) >= 11 is 0. The molecule has 0 unspecified atom stereocenters. The van der Waals surface area contributed by atoms with Crippen LogP contribution in [0.3, 0.4) is 0 Å². The molecule has 0 atom stereocenters. The molecule has 3 nitrogen and oxygen atoms in total. The number of benzene rings is 1. The highest BCUT2D eigenvalue weighted by Gasteiger charge is 2.26. The van der Waals surface area contributed by atoms with E-state index in [2.05, 4.69) is 38.1 Å². The zero-order chi connectivity index (χ0) is 22.6. The fourth-order valence-electron chi connectivity index (χ4n) is 3.72. The van der Waals surface area contributed by atoms with Gasteiger partial charge in [0.25, 0.3) is 0 Å². The molecule has 0 aliphatic carbocycles. The zero-order valence-corrected chi connectivity index (χ0v) is 20.1. The van der Waals surface area contributed by atoms with Gasteiger partial charge in [-0.1, -0.05) is 76.6 Å². The Morgan fingerprint density at radius 1 is 0.733 bits per heavy atom. The van der Waals surface area contributed by atoms with Crippen molar-refractivity contribution in [2.75, 3.05) is 0 Å². The fraction of sp³-hybridized carbons (Fsp3) is 0.704. The van der Waals surface area contributed by atoms with E-state index in [1.165, 1.54) is 36.8 Å². The summed E-state index contributed by atoms with van der Waals surface area (Å²) in [5.41, 5.74) is 2.08. The van der Waals surface area contributed by atoms with E-state index in [-0.39, 0.29) is 5.41 Å². The number of aliphatic carboxylic acids is 1. The van der Waals surface area contributed by atoms with Crippen LogP contribution in [-0.4, -0.2) is 16.9 Å². The molecule has 0 bridgehead atoms. The maximum Gasteiger partial charge on any atom is 0.309 e. The van der Waals surface area contributed by atoms with E-state index >= 15 is 0 Å². The number of carboxylic acid groups (broad SMARTS) is 1. The van der Waals surface area contributed by atoms with Crippen molar-refractivity contribution in [3.05, 3.63) is 35.4 Å². The first kappa shape index (κ1) is 26.4. The largest absolute Gasteiger partial charge is 0.481 e. The Bertz CT molecular complexity index is 605. The van der Waals surface area contributed by atoms with E-state index in [9.17, 15) is 9.59 Å². The van der Waals surface area contributed by atoms with E-state index in [1.807, 2.05) is 13.8 Å². The van der Waals surface area contributed by atoms with Gasteiger partial charge in [0.2, 0.25) is 0 Å². The van der Waals surface area contributed by atoms with Crippen molar-refractivity contribution in [1.82, 2.24) is 0 Å². The number of hydrogen-bond acceptors (Lipinski definition) is 2. The van der Waals surface area contributed by atoms with Gasteiger partial charge in [-0.05, 0) is 70.4 Å². The first-order chi connectivity index (χ1) is 14.0. The second-order valence-corrected chi connectivity index (χ2v) is 10.3. The zero-order valence-electron chi connectivity index (χ0n) is 20.1. The average molecular weight is 417 g/mol. The minimum absolute atomic E-state index is 0.166. The molecule has 0 radical (unpaired) electrons. The molecule has 170 valence electrons. The van der Waals surface area contributed by atoms with Gasteiger partial charge >= 0.3 is 5.97 Å². The van der Waals surface area contributed by atoms with Crippen LogP contribution < -0.4 is 0 Å². The van der Waals surface area contributed by atoms with Crippen molar-refractivity contribution in [3.63, 3.8) is 0 Å². The first-order valence-corrected chi connectivity index (χ1v) is 11.9. The van der Waals surface area contributed by atoms with Crippen LogP contribution in [0.15, 0.2) is 24.3 Å². The molecular formula is C27H44O3. The topological polar surface area (TPSA) is 54.4 Å². The predicted octanol–water partition coefficient (Wildman–Crippen LogP) is 7.40. The van der Waals surface area contributed by atoms with Crippen molar-refractivity contribution < 1.29 is 14.7 Å². The highest BCUT2D eigenvalue weighted by Crippen LogP contribution is 2.25. The summed E-state index contributed by atoms with van der Waals surface area (Å²) in [6.45, 7) is 9.43. The summed E-state index contributed by atoms with van der Waals surface area (Å²) in [4.78, 5) is 22.7. The molecule has 1 N–H and O–H groups in total. The monoisotopic (exact) mass is 416 g/mol. The lowest BCUT2D eigenvalue weighted by Gasteiger charge is -2.20. The van der Waals surface area contributed by atoms with Crippen molar-refractivity contribution in [1.29, 1.82) is 0 Å². The van der Waals surface area contributed by atoms with Crippen LogP contribution in [0.4, 0.5) is 0 Å². The van der Waals surface area contributed by atoms with Crippen LogP contribution in [0.25, 0.3) is 0 Å². The molecule has 0 aliphatic rings. The number of Topliss-reactive ketones (excluding diaryl/α,β-unsaturated/α-hetero) is 1. The fourth-order valence-corrected chi connectivity index (χ4v) is 3.72. The molecule has 0 aliphatic heterocycles. The van der Waals surface area contributed by atoms with Gasteiger partial charge in [0.05, 0.1) is 5.41 Å². The summed E-state index contributed by atoms with van der Waals surface area (Å²) in [7, 11) is 0. The number of carboxylic acids is 1. The standard InChI is InChI=1S/C27H44O3/c1-22(28)26(2,3)19-12-8-6-10-15-23-17-14-18-24(21-23)16-11-7-9-13-20-27(4,5)25(29)30/h14,17-18,21H,6-13,15-16,19-20H2,1-5H3,(H,29,30). The van der Waals surface area contributed by atoms with E-state index in [4.69, 9.17) is 5.11 Å². The summed E-state index contributed by atoms with van der Waals surface area (Å²) in [6, 6.07) is 8.99. The van der Waals surface area contributed by atoms with Crippen molar-refractivity contribution in [3.8, 4) is 0 Å². The SMILES string of the molecule is CC(=O)C(C)(C)CCCCCCc1cccc(CCCCCCC(C)(C)C(=O)O)c1. The van der Waals surface area contributed by atoms with Crippen LogP contribution in [0.2, 0.25) is 0 Å². The van der Waals surface area contributed by atoms with Gasteiger partial charge in [-0.2, -0.15) is 0 Å². The summed E-state index contributed by atoms with van der Waals surface area (Å²) in [5, 5.41) is 9.16. The molecule has 3 heteroatoms. The summed E-state index contributed by atoms with van der Waals surface area (Å²) < 4.78 is 0. The Labute approximate surface area is 184 Å². The highest BCUT2D eigenvalue weighted by molar-refractivity contribution is 5.81. The molecule has 0 amide bonds. The molecule has 0 saturated heterocycles. The number of carbonyl (C=O) groups is 2. The van der Waals surface area contributed by atoms with Crippen molar-refractivity contribution in [2.24, 2.45) is 10.8 Å². The molecule has 0 heterocycles. The minimum atomic E-state index is -0.695. The summed E-state index contributed by atoms with van der Waals surface area (Å²) in [5.74, 6) is -0.400. The molecule has 1 aromatic carbocycles.